The van der Waals surface area contributed by atoms with Gasteiger partial charge in [0, 0.05) is 42.8 Å². The van der Waals surface area contributed by atoms with Crippen molar-refractivity contribution in [2.75, 3.05) is 18.4 Å². The van der Waals surface area contributed by atoms with Crippen molar-refractivity contribution in [3.63, 3.8) is 0 Å². The zero-order valence-corrected chi connectivity index (χ0v) is 17.0. The molecule has 1 N–H and O–H groups in total. The van der Waals surface area contributed by atoms with Crippen molar-refractivity contribution >= 4 is 21.8 Å². The minimum Gasteiger partial charge on any atom is -0.307 e. The van der Waals surface area contributed by atoms with Crippen molar-refractivity contribution in [1.82, 2.24) is 24.2 Å². The van der Waals surface area contributed by atoms with E-state index in [-0.39, 0.29) is 5.92 Å². The highest BCUT2D eigenvalue weighted by molar-refractivity contribution is 7.89. The van der Waals surface area contributed by atoms with Crippen LogP contribution >= 0.6 is 0 Å². The molecule has 0 saturated carbocycles. The molecule has 3 rings (SSSR count). The molecule has 0 amide bonds. The number of nitrogens with zero attached hydrogens (tertiary/aromatic N) is 5. The lowest BCUT2D eigenvalue weighted by molar-refractivity contribution is 0.314. The summed E-state index contributed by atoms with van der Waals surface area (Å²) in [5.41, 5.74) is 2.59. The van der Waals surface area contributed by atoms with Crippen LogP contribution < -0.4 is 5.32 Å². The van der Waals surface area contributed by atoms with E-state index in [0.717, 1.165) is 17.1 Å². The quantitative estimate of drug-likeness (QED) is 0.837. The van der Waals surface area contributed by atoms with E-state index in [1.54, 1.807) is 30.5 Å². The minimum atomic E-state index is -3.21. The van der Waals surface area contributed by atoms with Crippen molar-refractivity contribution in [2.45, 2.75) is 51.7 Å². The number of piperidine rings is 1. The normalized spacial score (nSPS) is 16.6. The lowest BCUT2D eigenvalue weighted by atomic mass is 9.94. The highest BCUT2D eigenvalue weighted by Crippen LogP contribution is 2.32. The molecule has 0 atom stereocenters. The molecule has 8 nitrogen and oxygen atoms in total. The van der Waals surface area contributed by atoms with Crippen molar-refractivity contribution in [3.05, 3.63) is 35.5 Å². The van der Waals surface area contributed by atoms with Gasteiger partial charge in [-0.15, -0.1) is 0 Å². The first-order chi connectivity index (χ1) is 12.8. The topological polar surface area (TPSA) is 101 Å². The van der Waals surface area contributed by atoms with Crippen LogP contribution in [0, 0.1) is 13.8 Å². The van der Waals surface area contributed by atoms with Gasteiger partial charge < -0.3 is 5.32 Å². The Kier molecular flexibility index (Phi) is 5.71. The van der Waals surface area contributed by atoms with Crippen molar-refractivity contribution in [3.8, 4) is 0 Å². The molecule has 0 unspecified atom stereocenters. The molecule has 1 fully saturated rings. The van der Waals surface area contributed by atoms with Crippen LogP contribution in [0.15, 0.2) is 18.5 Å². The molecular formula is C18H26N6O2S. The van der Waals surface area contributed by atoms with Gasteiger partial charge in [-0.1, -0.05) is 0 Å². The number of aryl methyl sites for hydroxylation is 2. The fourth-order valence-electron chi connectivity index (χ4n) is 3.31. The largest absolute Gasteiger partial charge is 0.307 e. The van der Waals surface area contributed by atoms with Crippen LogP contribution in [-0.4, -0.2) is 51.0 Å². The van der Waals surface area contributed by atoms with Gasteiger partial charge in [0.25, 0.3) is 0 Å². The fraction of sp³-hybridized carbons (Fsp3) is 0.556. The summed E-state index contributed by atoms with van der Waals surface area (Å²) >= 11 is 0. The summed E-state index contributed by atoms with van der Waals surface area (Å²) in [6.45, 7) is 8.28. The maximum Gasteiger partial charge on any atom is 0.228 e. The summed E-state index contributed by atoms with van der Waals surface area (Å²) in [7, 11) is -3.21. The van der Waals surface area contributed by atoms with Crippen LogP contribution in [0.25, 0.3) is 0 Å². The van der Waals surface area contributed by atoms with E-state index in [0.29, 0.717) is 37.7 Å². The third-order valence-electron chi connectivity index (χ3n) is 4.74. The predicted molar refractivity (Wildman–Crippen MR) is 104 cm³/mol. The molecule has 0 radical (unpaired) electrons. The monoisotopic (exact) mass is 390 g/mol. The number of anilines is 2. The number of aromatic nitrogens is 4. The average Bonchev–Trinajstić information content (AvgIpc) is 2.61. The predicted octanol–water partition coefficient (Wildman–Crippen LogP) is 2.54. The first kappa shape index (κ1) is 19.6. The molecule has 2 aromatic rings. The van der Waals surface area contributed by atoms with Crippen LogP contribution in [0.2, 0.25) is 0 Å². The summed E-state index contributed by atoms with van der Waals surface area (Å²) in [6.07, 6.45) is 4.73. The van der Waals surface area contributed by atoms with Crippen molar-refractivity contribution < 1.29 is 8.42 Å². The molecule has 9 heteroatoms. The highest BCUT2D eigenvalue weighted by atomic mass is 32.2. The Morgan fingerprint density at radius 3 is 2.26 bits per heavy atom. The number of nitrogens with one attached hydrogen (secondary N) is 1. The molecule has 0 bridgehead atoms. The molecule has 3 heterocycles. The van der Waals surface area contributed by atoms with E-state index in [4.69, 9.17) is 0 Å². The summed E-state index contributed by atoms with van der Waals surface area (Å²) < 4.78 is 26.3. The van der Waals surface area contributed by atoms with Crippen LogP contribution in [0.1, 0.15) is 49.7 Å². The number of hydrogen-bond acceptors (Lipinski definition) is 7. The SMILES string of the molecule is Cc1cc(C)nc(Nc2nccnc2C2CCN(S(=O)(=O)C(C)C)CC2)n1. The average molecular weight is 391 g/mol. The minimum absolute atomic E-state index is 0.144. The number of sulfonamides is 1. The molecule has 0 aromatic carbocycles. The second-order valence-electron chi connectivity index (χ2n) is 7.16. The lowest BCUT2D eigenvalue weighted by Crippen LogP contribution is -2.41. The smallest absolute Gasteiger partial charge is 0.228 e. The lowest BCUT2D eigenvalue weighted by Gasteiger charge is -2.32. The van der Waals surface area contributed by atoms with Crippen LogP contribution in [0.5, 0.6) is 0 Å². The second-order valence-corrected chi connectivity index (χ2v) is 9.65. The van der Waals surface area contributed by atoms with Gasteiger partial charge in [0.2, 0.25) is 16.0 Å². The number of hydrogen-bond donors (Lipinski definition) is 1. The van der Waals surface area contributed by atoms with E-state index < -0.39 is 15.3 Å². The van der Waals surface area contributed by atoms with Crippen LogP contribution in [-0.2, 0) is 10.0 Å². The maximum atomic E-state index is 12.4. The standard InChI is InChI=1S/C18H26N6O2S/c1-12(2)27(25,26)24-9-5-15(6-10-24)16-17(20-8-7-19-16)23-18-21-13(3)11-14(4)22-18/h7-8,11-12,15H,5-6,9-10H2,1-4H3,(H,20,21,22,23). The summed E-state index contributed by atoms with van der Waals surface area (Å²) in [6, 6.07) is 1.91. The Labute approximate surface area is 160 Å². The van der Waals surface area contributed by atoms with E-state index in [1.807, 2.05) is 19.9 Å². The first-order valence-corrected chi connectivity index (χ1v) is 10.7. The fourth-order valence-corrected chi connectivity index (χ4v) is 4.63. The Morgan fingerprint density at radius 1 is 1.07 bits per heavy atom. The molecule has 2 aromatic heterocycles. The van der Waals surface area contributed by atoms with Gasteiger partial charge in [0.1, 0.15) is 0 Å². The second kappa shape index (κ2) is 7.85. The zero-order chi connectivity index (χ0) is 19.6. The van der Waals surface area contributed by atoms with E-state index >= 15 is 0 Å². The maximum absolute atomic E-state index is 12.4. The van der Waals surface area contributed by atoms with Gasteiger partial charge in [-0.2, -0.15) is 0 Å². The van der Waals surface area contributed by atoms with Gasteiger partial charge in [0.05, 0.1) is 10.9 Å². The van der Waals surface area contributed by atoms with Gasteiger partial charge in [-0.05, 0) is 46.6 Å². The molecule has 1 aliphatic rings. The molecule has 1 aliphatic heterocycles. The van der Waals surface area contributed by atoms with E-state index in [2.05, 4.69) is 25.3 Å². The third kappa shape index (κ3) is 4.41. The Hall–Kier alpha value is -2.13. The molecular weight excluding hydrogens is 364 g/mol. The van der Waals surface area contributed by atoms with Crippen molar-refractivity contribution in [1.29, 1.82) is 0 Å². The summed E-state index contributed by atoms with van der Waals surface area (Å²) in [4.78, 5) is 17.7. The number of rotatable bonds is 5. The highest BCUT2D eigenvalue weighted by Gasteiger charge is 2.32. The van der Waals surface area contributed by atoms with Gasteiger partial charge in [-0.25, -0.2) is 27.7 Å². The van der Waals surface area contributed by atoms with Gasteiger partial charge in [-0.3, -0.25) is 4.98 Å². The van der Waals surface area contributed by atoms with E-state index in [1.165, 1.54) is 0 Å². The molecule has 0 aliphatic carbocycles. The van der Waals surface area contributed by atoms with Crippen LogP contribution in [0.3, 0.4) is 0 Å². The molecule has 0 spiro atoms. The first-order valence-electron chi connectivity index (χ1n) is 9.16. The Balaban J connectivity index is 1.77. The molecule has 27 heavy (non-hydrogen) atoms. The van der Waals surface area contributed by atoms with E-state index in [9.17, 15) is 8.42 Å². The van der Waals surface area contributed by atoms with Gasteiger partial charge >= 0.3 is 0 Å². The zero-order valence-electron chi connectivity index (χ0n) is 16.2. The third-order valence-corrected chi connectivity index (χ3v) is 7.01. The summed E-state index contributed by atoms with van der Waals surface area (Å²) in [5, 5.41) is 2.78. The Bertz CT molecular complexity index is 888. The molecule has 146 valence electrons. The van der Waals surface area contributed by atoms with Crippen LogP contribution in [0.4, 0.5) is 11.8 Å². The summed E-state index contributed by atoms with van der Waals surface area (Å²) in [5.74, 6) is 1.27. The van der Waals surface area contributed by atoms with Gasteiger partial charge in [0.15, 0.2) is 5.82 Å². The molecule has 1 saturated heterocycles. The Morgan fingerprint density at radius 2 is 1.67 bits per heavy atom. The van der Waals surface area contributed by atoms with Crippen molar-refractivity contribution in [2.24, 2.45) is 0 Å².